The molecule has 0 saturated heterocycles. The van der Waals surface area contributed by atoms with Crippen LogP contribution in [0.25, 0.3) is 39.5 Å². The zero-order valence-electron chi connectivity index (χ0n) is 23.8. The number of rotatable bonds is 2. The monoisotopic (exact) mass is 509 g/mol. The molecule has 1 atom stereocenters. The molecule has 189 valence electrons. The highest BCUT2D eigenvalue weighted by molar-refractivity contribution is 6.92. The normalized spacial score (nSPS) is 17.2. The third-order valence-corrected chi connectivity index (χ3v) is 12.4. The van der Waals surface area contributed by atoms with Crippen molar-refractivity contribution in [1.29, 1.82) is 0 Å². The van der Waals surface area contributed by atoms with Crippen LogP contribution in [0.1, 0.15) is 82.7 Å². The van der Waals surface area contributed by atoms with E-state index in [-0.39, 0.29) is 10.8 Å². The van der Waals surface area contributed by atoms with Crippen molar-refractivity contribution in [2.75, 3.05) is 0 Å². The van der Waals surface area contributed by atoms with Crippen LogP contribution >= 0.6 is 0 Å². The molecule has 4 aromatic rings. The highest BCUT2D eigenvalue weighted by atomic mass is 28.3. The molecule has 0 N–H and O–H groups in total. The van der Waals surface area contributed by atoms with Gasteiger partial charge in [0.25, 0.3) is 0 Å². The maximum absolute atomic E-state index is 2.54. The molecule has 0 fully saturated rings. The molecule has 2 aliphatic heterocycles. The number of hydrogen-bond acceptors (Lipinski definition) is 0. The van der Waals surface area contributed by atoms with Crippen molar-refractivity contribution in [2.24, 2.45) is 0 Å². The van der Waals surface area contributed by atoms with Gasteiger partial charge >= 0.3 is 0 Å². The van der Waals surface area contributed by atoms with Crippen LogP contribution in [-0.4, -0.2) is 8.80 Å². The Morgan fingerprint density at radius 3 is 1.97 bits per heavy atom. The maximum atomic E-state index is 2.54. The minimum Gasteiger partial charge on any atom is -0.0645 e. The van der Waals surface area contributed by atoms with E-state index in [1.165, 1.54) is 50.1 Å². The molecule has 1 radical (unpaired) electrons. The molecule has 0 nitrogen and oxygen atoms in total. The lowest BCUT2D eigenvalue weighted by atomic mass is 9.77. The van der Waals surface area contributed by atoms with Gasteiger partial charge in [-0.05, 0) is 83.3 Å². The summed E-state index contributed by atoms with van der Waals surface area (Å²) >= 11 is 0. The highest BCUT2D eigenvalue weighted by Gasteiger charge is 2.46. The number of allylic oxidation sites excluding steroid dienone is 1. The molecular weight excluding hydrogens is 472 g/mol. The van der Waals surface area contributed by atoms with Crippen molar-refractivity contribution < 1.29 is 0 Å². The van der Waals surface area contributed by atoms with Crippen LogP contribution in [-0.2, 0) is 10.8 Å². The Morgan fingerprint density at radius 1 is 0.684 bits per heavy atom. The molecule has 0 saturated carbocycles. The first-order chi connectivity index (χ1) is 18.1. The Labute approximate surface area is 230 Å². The average Bonchev–Trinajstić information content (AvgIpc) is 3.39. The number of benzene rings is 4. The van der Waals surface area contributed by atoms with E-state index in [1.807, 2.05) is 0 Å². The predicted octanol–water partition coefficient (Wildman–Crippen LogP) is 8.65. The lowest BCUT2D eigenvalue weighted by Crippen LogP contribution is -2.44. The summed E-state index contributed by atoms with van der Waals surface area (Å²) < 4.78 is 0. The zero-order valence-corrected chi connectivity index (χ0v) is 24.8. The van der Waals surface area contributed by atoms with E-state index >= 15 is 0 Å². The van der Waals surface area contributed by atoms with Gasteiger partial charge < -0.3 is 0 Å². The van der Waals surface area contributed by atoms with E-state index in [1.54, 1.807) is 21.5 Å². The van der Waals surface area contributed by atoms with Crippen molar-refractivity contribution in [3.63, 3.8) is 0 Å². The van der Waals surface area contributed by atoms with Gasteiger partial charge in [0.15, 0.2) is 0 Å². The Kier molecular flexibility index (Phi) is 4.99. The first kappa shape index (κ1) is 23.9. The van der Waals surface area contributed by atoms with Gasteiger partial charge in [0.05, 0.1) is 0 Å². The van der Waals surface area contributed by atoms with Crippen LogP contribution in [0.2, 0.25) is 0 Å². The molecule has 3 aliphatic rings. The minimum atomic E-state index is -1.03. The lowest BCUT2D eigenvalue weighted by Gasteiger charge is -2.28. The summed E-state index contributed by atoms with van der Waals surface area (Å²) in [5.74, 6) is 0. The van der Waals surface area contributed by atoms with E-state index in [9.17, 15) is 0 Å². The first-order valence-corrected chi connectivity index (χ1v) is 15.8. The minimum absolute atomic E-state index is 0.0882. The van der Waals surface area contributed by atoms with Crippen LogP contribution in [0.3, 0.4) is 0 Å². The van der Waals surface area contributed by atoms with Crippen molar-refractivity contribution in [1.82, 2.24) is 0 Å². The maximum Gasteiger partial charge on any atom is 0.135 e. The van der Waals surface area contributed by atoms with Crippen LogP contribution in [0.5, 0.6) is 0 Å². The van der Waals surface area contributed by atoms with Gasteiger partial charge in [-0.1, -0.05) is 133 Å². The molecule has 1 aliphatic carbocycles. The SMILES string of the molecule is CCC1=Cc2ccc3c(-c4cc(C(C)(C)C)cc(C(C)(C)C)c4)c2C1[Si]1c2ccccc2-c2cccc-3c21. The number of hydrogen-bond donors (Lipinski definition) is 0. The lowest BCUT2D eigenvalue weighted by molar-refractivity contribution is 0.569. The van der Waals surface area contributed by atoms with Crippen LogP contribution in [0.15, 0.2) is 78.4 Å². The predicted molar refractivity (Wildman–Crippen MR) is 166 cm³/mol. The van der Waals surface area contributed by atoms with Crippen molar-refractivity contribution in [3.8, 4) is 33.4 Å². The highest BCUT2D eigenvalue weighted by Crippen LogP contribution is 2.52. The van der Waals surface area contributed by atoms with Crippen molar-refractivity contribution >= 4 is 25.2 Å². The van der Waals surface area contributed by atoms with Gasteiger partial charge in [0.1, 0.15) is 8.80 Å². The first-order valence-electron chi connectivity index (χ1n) is 14.2. The summed E-state index contributed by atoms with van der Waals surface area (Å²) in [6, 6.07) is 28.7. The second kappa shape index (κ2) is 7.93. The molecule has 2 heterocycles. The summed E-state index contributed by atoms with van der Waals surface area (Å²) in [6.07, 6.45) is 3.65. The van der Waals surface area contributed by atoms with Crippen molar-refractivity contribution in [2.45, 2.75) is 71.3 Å². The molecule has 4 aromatic carbocycles. The molecule has 2 bridgehead atoms. The summed E-state index contributed by atoms with van der Waals surface area (Å²) in [4.78, 5) is 0. The van der Waals surface area contributed by atoms with Crippen LogP contribution in [0, 0.1) is 0 Å². The van der Waals surface area contributed by atoms with E-state index in [4.69, 9.17) is 0 Å². The van der Waals surface area contributed by atoms with Gasteiger partial charge in [-0.15, -0.1) is 0 Å². The molecular formula is C37H37Si. The molecule has 1 heteroatoms. The molecule has 0 spiro atoms. The van der Waals surface area contributed by atoms with Gasteiger partial charge in [-0.2, -0.15) is 0 Å². The van der Waals surface area contributed by atoms with Crippen LogP contribution in [0.4, 0.5) is 0 Å². The summed E-state index contributed by atoms with van der Waals surface area (Å²) in [5, 5.41) is 3.24. The smallest absolute Gasteiger partial charge is 0.0645 e. The fourth-order valence-corrected chi connectivity index (χ4v) is 11.0. The Morgan fingerprint density at radius 2 is 1.32 bits per heavy atom. The largest absolute Gasteiger partial charge is 0.135 e. The Balaban J connectivity index is 1.61. The topological polar surface area (TPSA) is 0 Å². The standard InChI is InChI=1S/C37H37Si/c1-8-22-18-23-16-17-28-30-14-11-13-29-27-12-9-10-15-31(27)38(35(29)30)34(22)33(23)32(28)24-19-25(36(2,3)4)21-26(20-24)37(5,6)7/h9-21,34H,8H2,1-7H3. The third-order valence-electron chi connectivity index (χ3n) is 9.06. The fourth-order valence-electron chi connectivity index (χ4n) is 7.03. The second-order valence-corrected chi connectivity index (χ2v) is 15.9. The van der Waals surface area contributed by atoms with Crippen molar-refractivity contribution in [3.05, 3.63) is 101 Å². The molecule has 0 aromatic heterocycles. The fraction of sp³-hybridized carbons (Fsp3) is 0.297. The summed E-state index contributed by atoms with van der Waals surface area (Å²) in [6.45, 7) is 16.5. The van der Waals surface area contributed by atoms with E-state index in [2.05, 4.69) is 127 Å². The second-order valence-electron chi connectivity index (χ2n) is 13.5. The van der Waals surface area contributed by atoms with Gasteiger partial charge in [0, 0.05) is 5.54 Å². The quantitative estimate of drug-likeness (QED) is 0.237. The van der Waals surface area contributed by atoms with E-state index in [0.29, 0.717) is 5.54 Å². The third kappa shape index (κ3) is 3.27. The van der Waals surface area contributed by atoms with Gasteiger partial charge in [-0.25, -0.2) is 0 Å². The van der Waals surface area contributed by atoms with E-state index in [0.717, 1.165) is 6.42 Å². The molecule has 1 unspecified atom stereocenters. The molecule has 38 heavy (non-hydrogen) atoms. The molecule has 7 rings (SSSR count). The number of fused-ring (bicyclic) bond motifs is 6. The Hall–Kier alpha value is -3.16. The Bertz CT molecular complexity index is 1640. The van der Waals surface area contributed by atoms with Gasteiger partial charge in [-0.3, -0.25) is 0 Å². The van der Waals surface area contributed by atoms with E-state index < -0.39 is 8.80 Å². The summed E-state index contributed by atoms with van der Waals surface area (Å²) in [5.41, 5.74) is 16.9. The zero-order chi connectivity index (χ0) is 26.6. The van der Waals surface area contributed by atoms with Crippen LogP contribution < -0.4 is 10.4 Å². The molecule has 0 amide bonds. The average molecular weight is 510 g/mol. The summed E-state index contributed by atoms with van der Waals surface area (Å²) in [7, 11) is -1.03. The van der Waals surface area contributed by atoms with Gasteiger partial charge in [0.2, 0.25) is 0 Å².